The fraction of sp³-hybridized carbons (Fsp3) is 0.190. The highest BCUT2D eigenvalue weighted by molar-refractivity contribution is 6.06. The van der Waals surface area contributed by atoms with Crippen LogP contribution in [-0.4, -0.2) is 40.0 Å². The van der Waals surface area contributed by atoms with Crippen LogP contribution in [0.25, 0.3) is 0 Å². The smallest absolute Gasteiger partial charge is 0.255 e. The van der Waals surface area contributed by atoms with E-state index < -0.39 is 6.04 Å². The van der Waals surface area contributed by atoms with E-state index in [4.69, 9.17) is 9.47 Å². The molecule has 2 heterocycles. The summed E-state index contributed by atoms with van der Waals surface area (Å²) < 4.78 is 12.2. The van der Waals surface area contributed by atoms with Gasteiger partial charge in [-0.25, -0.2) is 4.68 Å². The first-order valence-corrected chi connectivity index (χ1v) is 9.21. The van der Waals surface area contributed by atoms with Crippen LogP contribution in [0, 0.1) is 0 Å². The molecule has 0 fully saturated rings. The maximum atomic E-state index is 13.4. The second-order valence-corrected chi connectivity index (χ2v) is 6.71. The number of hydrogen-bond donors (Lipinski definition) is 3. The molecule has 1 amide bonds. The summed E-state index contributed by atoms with van der Waals surface area (Å²) in [5.41, 5.74) is 2.28. The Bertz CT molecular complexity index is 1140. The molecule has 30 heavy (non-hydrogen) atoms. The van der Waals surface area contributed by atoms with E-state index in [2.05, 4.69) is 20.7 Å². The highest BCUT2D eigenvalue weighted by atomic mass is 16.5. The number of ether oxygens (including phenoxy) is 2. The zero-order valence-electron chi connectivity index (χ0n) is 16.7. The van der Waals surface area contributed by atoms with Crippen LogP contribution in [-0.2, 0) is 4.79 Å². The second-order valence-electron chi connectivity index (χ2n) is 6.71. The van der Waals surface area contributed by atoms with Crippen molar-refractivity contribution in [1.29, 1.82) is 0 Å². The normalized spacial score (nSPS) is 15.2. The number of methoxy groups -OCH3 is 2. The third-order valence-electron chi connectivity index (χ3n) is 4.88. The van der Waals surface area contributed by atoms with E-state index in [1.807, 2.05) is 6.07 Å². The molecule has 2 aromatic carbocycles. The molecule has 0 saturated carbocycles. The summed E-state index contributed by atoms with van der Waals surface area (Å²) in [6.07, 6.45) is 1.42. The van der Waals surface area contributed by atoms with E-state index in [-0.39, 0.29) is 11.7 Å². The van der Waals surface area contributed by atoms with E-state index in [0.29, 0.717) is 40.0 Å². The number of aromatic nitrogens is 3. The molecule has 1 aliphatic heterocycles. The van der Waals surface area contributed by atoms with Gasteiger partial charge in [0.2, 0.25) is 5.95 Å². The summed E-state index contributed by atoms with van der Waals surface area (Å²) in [6.45, 7) is 1.80. The number of allylic oxidation sites excluding steroid dienone is 1. The monoisotopic (exact) mass is 407 g/mol. The van der Waals surface area contributed by atoms with Gasteiger partial charge in [0, 0.05) is 11.8 Å². The van der Waals surface area contributed by atoms with Crippen LogP contribution in [0.1, 0.15) is 18.5 Å². The minimum Gasteiger partial charge on any atom is -0.508 e. The van der Waals surface area contributed by atoms with Crippen LogP contribution in [0.3, 0.4) is 0 Å². The zero-order chi connectivity index (χ0) is 21.3. The Morgan fingerprint density at radius 3 is 2.77 bits per heavy atom. The molecular weight excluding hydrogens is 386 g/mol. The van der Waals surface area contributed by atoms with E-state index in [1.165, 1.54) is 13.4 Å². The number of fused-ring (bicyclic) bond motifs is 1. The van der Waals surface area contributed by atoms with E-state index in [0.717, 1.165) is 0 Å². The van der Waals surface area contributed by atoms with Crippen molar-refractivity contribution in [2.24, 2.45) is 0 Å². The summed E-state index contributed by atoms with van der Waals surface area (Å²) in [5.74, 6) is 1.36. The summed E-state index contributed by atoms with van der Waals surface area (Å²) in [4.78, 5) is 17.6. The maximum Gasteiger partial charge on any atom is 0.255 e. The molecule has 4 rings (SSSR count). The highest BCUT2D eigenvalue weighted by Gasteiger charge is 2.33. The van der Waals surface area contributed by atoms with Gasteiger partial charge >= 0.3 is 0 Å². The zero-order valence-corrected chi connectivity index (χ0v) is 16.7. The average Bonchev–Trinajstić information content (AvgIpc) is 3.20. The van der Waals surface area contributed by atoms with Gasteiger partial charge in [0.1, 0.15) is 29.6 Å². The van der Waals surface area contributed by atoms with Crippen molar-refractivity contribution in [3.63, 3.8) is 0 Å². The van der Waals surface area contributed by atoms with Crippen LogP contribution >= 0.6 is 0 Å². The molecular formula is C21H21N5O4. The first-order valence-electron chi connectivity index (χ1n) is 9.21. The molecule has 1 aliphatic rings. The minimum absolute atomic E-state index is 0.0990. The predicted molar refractivity (Wildman–Crippen MR) is 111 cm³/mol. The van der Waals surface area contributed by atoms with Crippen LogP contribution in [0.5, 0.6) is 17.2 Å². The molecule has 154 valence electrons. The molecule has 0 aliphatic carbocycles. The highest BCUT2D eigenvalue weighted by Crippen LogP contribution is 2.37. The van der Waals surface area contributed by atoms with Crippen molar-refractivity contribution in [3.8, 4) is 17.2 Å². The Morgan fingerprint density at radius 2 is 2.03 bits per heavy atom. The molecule has 9 heteroatoms. The lowest BCUT2D eigenvalue weighted by atomic mass is 9.95. The molecule has 1 unspecified atom stereocenters. The van der Waals surface area contributed by atoms with Crippen molar-refractivity contribution < 1.29 is 19.4 Å². The topological polar surface area (TPSA) is 111 Å². The lowest BCUT2D eigenvalue weighted by molar-refractivity contribution is -0.113. The van der Waals surface area contributed by atoms with Crippen molar-refractivity contribution in [2.45, 2.75) is 13.0 Å². The Morgan fingerprint density at radius 1 is 1.20 bits per heavy atom. The van der Waals surface area contributed by atoms with Crippen molar-refractivity contribution >= 4 is 17.5 Å². The molecule has 0 saturated heterocycles. The largest absolute Gasteiger partial charge is 0.508 e. The van der Waals surface area contributed by atoms with Gasteiger partial charge in [-0.3, -0.25) is 4.79 Å². The number of phenols is 1. The number of carbonyl (C=O) groups excluding carboxylic acids is 1. The number of amides is 1. The predicted octanol–water partition coefficient (Wildman–Crippen LogP) is 2.93. The van der Waals surface area contributed by atoms with Crippen molar-refractivity contribution in [1.82, 2.24) is 14.8 Å². The first kappa shape index (κ1) is 19.3. The number of benzene rings is 2. The number of rotatable bonds is 5. The van der Waals surface area contributed by atoms with Crippen LogP contribution < -0.4 is 20.1 Å². The molecule has 1 aromatic heterocycles. The molecule has 3 aromatic rings. The Balaban J connectivity index is 1.75. The van der Waals surface area contributed by atoms with Gasteiger partial charge in [0.05, 0.1) is 25.5 Å². The van der Waals surface area contributed by atoms with Gasteiger partial charge < -0.3 is 25.2 Å². The number of phenolic OH excluding ortho intramolecular Hbond substituents is 1. The second kappa shape index (κ2) is 7.78. The van der Waals surface area contributed by atoms with Gasteiger partial charge in [0.25, 0.3) is 5.91 Å². The number of carbonyl (C=O) groups is 1. The van der Waals surface area contributed by atoms with Crippen LogP contribution in [0.4, 0.5) is 11.6 Å². The number of anilines is 2. The molecule has 1 atom stereocenters. The molecule has 0 radical (unpaired) electrons. The van der Waals surface area contributed by atoms with Crippen molar-refractivity contribution in [2.75, 3.05) is 24.9 Å². The Kier molecular flexibility index (Phi) is 5.01. The molecule has 0 spiro atoms. The van der Waals surface area contributed by atoms with Crippen LogP contribution in [0.2, 0.25) is 0 Å². The lowest BCUT2D eigenvalue weighted by Gasteiger charge is -2.29. The quantitative estimate of drug-likeness (QED) is 0.596. The third kappa shape index (κ3) is 3.41. The maximum absolute atomic E-state index is 13.4. The van der Waals surface area contributed by atoms with Gasteiger partial charge in [-0.15, -0.1) is 0 Å². The summed E-state index contributed by atoms with van der Waals surface area (Å²) in [7, 11) is 3.08. The molecule has 0 bridgehead atoms. The lowest BCUT2D eigenvalue weighted by Crippen LogP contribution is -2.31. The fourth-order valence-corrected chi connectivity index (χ4v) is 3.48. The average molecular weight is 407 g/mol. The van der Waals surface area contributed by atoms with E-state index in [1.54, 1.807) is 55.1 Å². The van der Waals surface area contributed by atoms with Crippen molar-refractivity contribution in [3.05, 3.63) is 65.6 Å². The van der Waals surface area contributed by atoms with Crippen LogP contribution in [0.15, 0.2) is 60.1 Å². The van der Waals surface area contributed by atoms with Gasteiger partial charge in [-0.2, -0.15) is 10.1 Å². The standard InChI is InChI=1S/C21H21N5O4/c1-12-18(20(28)25-16-8-7-15(29-2)10-17(16)30-3)19(13-5-4-6-14(27)9-13)26-21(24-12)22-11-23-26/h4-11,19,27H,1-3H3,(H,25,28)(H,22,23,24). The van der Waals surface area contributed by atoms with E-state index in [9.17, 15) is 9.90 Å². The SMILES string of the molecule is COc1ccc(NC(=O)C2=C(C)Nc3ncnn3C2c2cccc(O)c2)c(OC)c1. The number of aromatic hydroxyl groups is 1. The summed E-state index contributed by atoms with van der Waals surface area (Å²) >= 11 is 0. The summed E-state index contributed by atoms with van der Waals surface area (Å²) in [5, 5.41) is 20.3. The first-order chi connectivity index (χ1) is 14.5. The number of hydrogen-bond acceptors (Lipinski definition) is 7. The minimum atomic E-state index is -0.569. The molecule has 9 nitrogen and oxygen atoms in total. The summed E-state index contributed by atoms with van der Waals surface area (Å²) in [6, 6.07) is 11.3. The van der Waals surface area contributed by atoms with Gasteiger partial charge in [-0.1, -0.05) is 12.1 Å². The third-order valence-corrected chi connectivity index (χ3v) is 4.88. The number of nitrogens with one attached hydrogen (secondary N) is 2. The van der Waals surface area contributed by atoms with E-state index >= 15 is 0 Å². The Hall–Kier alpha value is -4.01. The fourth-order valence-electron chi connectivity index (χ4n) is 3.48. The molecule has 3 N–H and O–H groups in total. The number of nitrogens with zero attached hydrogens (tertiary/aromatic N) is 3. The Labute approximate surface area is 173 Å². The van der Waals surface area contributed by atoms with Gasteiger partial charge in [0.15, 0.2) is 0 Å². The van der Waals surface area contributed by atoms with Gasteiger partial charge in [-0.05, 0) is 36.8 Å².